The molecule has 3 aromatic heterocycles. The Morgan fingerprint density at radius 3 is 1.32 bits per heavy atom. The summed E-state index contributed by atoms with van der Waals surface area (Å²) in [5, 5.41) is 2.45. The first-order valence-electron chi connectivity index (χ1n) is 24.3. The molecule has 0 fully saturated rings. The molecule has 0 radical (unpaired) electrons. The van der Waals surface area contributed by atoms with Gasteiger partial charge in [0.15, 0.2) is 5.82 Å². The fourth-order valence-electron chi connectivity index (χ4n) is 12.2. The fourth-order valence-corrected chi connectivity index (χ4v) is 12.2. The van der Waals surface area contributed by atoms with Gasteiger partial charge < -0.3 is 0 Å². The predicted molar refractivity (Wildman–Crippen MR) is 288 cm³/mol. The second kappa shape index (κ2) is 15.3. The number of benzene rings is 9. The Balaban J connectivity index is 1.09. The van der Waals surface area contributed by atoms with Gasteiger partial charge in [-0.3, -0.25) is 9.97 Å². The van der Waals surface area contributed by atoms with E-state index in [-0.39, 0.29) is 0 Å². The summed E-state index contributed by atoms with van der Waals surface area (Å²) < 4.78 is 0. The molecule has 0 aliphatic heterocycles. The Morgan fingerprint density at radius 2 is 0.746 bits per heavy atom. The normalized spacial score (nSPS) is 12.9. The van der Waals surface area contributed by atoms with E-state index in [2.05, 4.69) is 206 Å². The molecule has 0 N–H and O–H groups in total. The highest BCUT2D eigenvalue weighted by Crippen LogP contribution is 2.67. The number of hydrogen-bond donors (Lipinski definition) is 0. The molecular formula is C67H40N4. The average Bonchev–Trinajstić information content (AvgIpc) is 4.07. The van der Waals surface area contributed by atoms with Crippen LogP contribution in [0.4, 0.5) is 0 Å². The Labute approximate surface area is 411 Å². The highest BCUT2D eigenvalue weighted by molar-refractivity contribution is 6.21. The van der Waals surface area contributed by atoms with Crippen molar-refractivity contribution in [3.05, 3.63) is 265 Å². The molecule has 0 bridgehead atoms. The van der Waals surface area contributed by atoms with E-state index in [1.807, 2.05) is 36.9 Å². The van der Waals surface area contributed by atoms with Crippen LogP contribution in [0.25, 0.3) is 123 Å². The molecule has 3 aliphatic carbocycles. The monoisotopic (exact) mass is 900 g/mol. The second-order valence-corrected chi connectivity index (χ2v) is 18.9. The summed E-state index contributed by atoms with van der Waals surface area (Å²) in [6.45, 7) is 0. The molecule has 0 saturated heterocycles. The van der Waals surface area contributed by atoms with Crippen LogP contribution in [0.5, 0.6) is 0 Å². The molecule has 0 amide bonds. The Bertz CT molecular complexity index is 4010. The minimum atomic E-state index is -0.601. The van der Waals surface area contributed by atoms with E-state index in [1.165, 1.54) is 77.5 Å². The third kappa shape index (κ3) is 5.79. The molecule has 4 heteroatoms. The third-order valence-electron chi connectivity index (χ3n) is 15.2. The number of nitrogens with zero attached hydrogens (tertiary/aromatic N) is 4. The van der Waals surface area contributed by atoms with Crippen molar-refractivity contribution in [2.45, 2.75) is 5.41 Å². The maximum atomic E-state index is 5.77. The van der Waals surface area contributed by atoms with Gasteiger partial charge in [-0.25, -0.2) is 9.97 Å². The fraction of sp³-hybridized carbons (Fsp3) is 0.0149. The van der Waals surface area contributed by atoms with Crippen molar-refractivity contribution in [3.63, 3.8) is 0 Å². The van der Waals surface area contributed by atoms with Gasteiger partial charge in [0.25, 0.3) is 0 Å². The predicted octanol–water partition coefficient (Wildman–Crippen LogP) is 16.4. The Kier molecular flexibility index (Phi) is 8.54. The van der Waals surface area contributed by atoms with E-state index in [9.17, 15) is 0 Å². The standard InChI is InChI=1S/C67H40N4/c1-4-17-41(18-5-1)45-31-44-23-16-27-53-62(44)54(34-45)55-35-59-64(52-26-12-15-30-58(52)67(59)56-28-13-10-24-50(56)51-25-11-14-29-57(51)67)65(63(53)55)66-70-60(48-32-46(37-68-39-48)42-19-6-2-7-20-42)36-61(71-66)49-33-47(38-69-40-49)43-21-8-3-9-22-43/h1-40H. The SMILES string of the molecule is c1ccc(-c2cncc(-c3cc(-c4cncc(-c5ccccc5)c4)nc(-c4c5c(cc6c4-c4ccccc4C64c6ccccc6-c6ccccc64)-c4cc(-c6ccccc6)cc6cccc-5c46)n3)c2)cc1. The number of pyridine rings is 2. The zero-order chi connectivity index (χ0) is 46.6. The molecule has 0 atom stereocenters. The van der Waals surface area contributed by atoms with E-state index in [0.29, 0.717) is 5.82 Å². The van der Waals surface area contributed by atoms with Crippen molar-refractivity contribution in [1.82, 2.24) is 19.9 Å². The van der Waals surface area contributed by atoms with Gasteiger partial charge in [-0.05, 0) is 131 Å². The zero-order valence-electron chi connectivity index (χ0n) is 38.4. The third-order valence-corrected chi connectivity index (χ3v) is 15.2. The van der Waals surface area contributed by atoms with Gasteiger partial charge >= 0.3 is 0 Å². The zero-order valence-corrected chi connectivity index (χ0v) is 38.4. The maximum absolute atomic E-state index is 5.77. The van der Waals surface area contributed by atoms with Crippen molar-refractivity contribution in [1.29, 1.82) is 0 Å². The molecule has 12 aromatic rings. The first-order valence-corrected chi connectivity index (χ1v) is 24.3. The lowest BCUT2D eigenvalue weighted by atomic mass is 9.70. The molecule has 3 heterocycles. The van der Waals surface area contributed by atoms with Gasteiger partial charge in [-0.2, -0.15) is 0 Å². The van der Waals surface area contributed by atoms with Crippen LogP contribution in [0.1, 0.15) is 22.3 Å². The number of rotatable bonds is 6. The molecule has 71 heavy (non-hydrogen) atoms. The molecular weight excluding hydrogens is 861 g/mol. The highest BCUT2D eigenvalue weighted by atomic mass is 14.9. The minimum Gasteiger partial charge on any atom is -0.263 e. The topological polar surface area (TPSA) is 51.6 Å². The summed E-state index contributed by atoms with van der Waals surface area (Å²) >= 11 is 0. The summed E-state index contributed by atoms with van der Waals surface area (Å²) in [5.74, 6) is 0.653. The molecule has 1 spiro atoms. The van der Waals surface area contributed by atoms with Crippen molar-refractivity contribution < 1.29 is 0 Å². The first kappa shape index (κ1) is 39.6. The van der Waals surface area contributed by atoms with E-state index < -0.39 is 5.41 Å². The van der Waals surface area contributed by atoms with Crippen molar-refractivity contribution in [2.24, 2.45) is 0 Å². The van der Waals surface area contributed by atoms with E-state index in [1.54, 1.807) is 0 Å². The summed E-state index contributed by atoms with van der Waals surface area (Å²) in [6.07, 6.45) is 7.72. The lowest BCUT2D eigenvalue weighted by Crippen LogP contribution is -2.26. The van der Waals surface area contributed by atoms with Crippen LogP contribution in [-0.2, 0) is 5.41 Å². The Morgan fingerprint density at radius 1 is 0.268 bits per heavy atom. The van der Waals surface area contributed by atoms with Gasteiger partial charge in [-0.1, -0.05) is 182 Å². The van der Waals surface area contributed by atoms with Crippen LogP contribution in [0.2, 0.25) is 0 Å². The molecule has 15 rings (SSSR count). The van der Waals surface area contributed by atoms with Crippen LogP contribution in [0.15, 0.2) is 243 Å². The van der Waals surface area contributed by atoms with Gasteiger partial charge in [0.2, 0.25) is 0 Å². The van der Waals surface area contributed by atoms with Crippen molar-refractivity contribution in [3.8, 4) is 112 Å². The van der Waals surface area contributed by atoms with Gasteiger partial charge in [-0.15, -0.1) is 0 Å². The lowest BCUT2D eigenvalue weighted by molar-refractivity contribution is 0.794. The summed E-state index contributed by atoms with van der Waals surface area (Å²) in [6, 6.07) is 79.4. The van der Waals surface area contributed by atoms with Gasteiger partial charge in [0, 0.05) is 58.2 Å². The van der Waals surface area contributed by atoms with Crippen LogP contribution in [0, 0.1) is 0 Å². The number of fused-ring (bicyclic) bond motifs is 13. The molecule has 9 aromatic carbocycles. The maximum Gasteiger partial charge on any atom is 0.161 e. The van der Waals surface area contributed by atoms with Gasteiger partial charge in [0.1, 0.15) is 0 Å². The quantitative estimate of drug-likeness (QED) is 0.167. The van der Waals surface area contributed by atoms with Crippen molar-refractivity contribution in [2.75, 3.05) is 0 Å². The second-order valence-electron chi connectivity index (χ2n) is 18.9. The molecule has 3 aliphatic rings. The van der Waals surface area contributed by atoms with Gasteiger partial charge in [0.05, 0.1) is 16.8 Å². The first-order chi connectivity index (χ1) is 35.2. The van der Waals surface area contributed by atoms with Crippen LogP contribution in [-0.4, -0.2) is 19.9 Å². The summed E-state index contributed by atoms with van der Waals surface area (Å²) in [5.41, 5.74) is 25.1. The van der Waals surface area contributed by atoms with Crippen LogP contribution in [0.3, 0.4) is 0 Å². The van der Waals surface area contributed by atoms with Crippen LogP contribution >= 0.6 is 0 Å². The average molecular weight is 901 g/mol. The van der Waals surface area contributed by atoms with E-state index in [0.717, 1.165) is 61.5 Å². The number of aromatic nitrogens is 4. The van der Waals surface area contributed by atoms with E-state index >= 15 is 0 Å². The molecule has 328 valence electrons. The smallest absolute Gasteiger partial charge is 0.161 e. The van der Waals surface area contributed by atoms with E-state index in [4.69, 9.17) is 19.9 Å². The molecule has 0 unspecified atom stereocenters. The summed E-state index contributed by atoms with van der Waals surface area (Å²) in [4.78, 5) is 21.2. The summed E-state index contributed by atoms with van der Waals surface area (Å²) in [7, 11) is 0. The minimum absolute atomic E-state index is 0.601. The van der Waals surface area contributed by atoms with Crippen molar-refractivity contribution >= 4 is 10.8 Å². The largest absolute Gasteiger partial charge is 0.263 e. The Hall–Kier alpha value is -9.38. The highest BCUT2D eigenvalue weighted by Gasteiger charge is 2.53. The number of hydrogen-bond acceptors (Lipinski definition) is 4. The molecule has 4 nitrogen and oxygen atoms in total. The van der Waals surface area contributed by atoms with Crippen LogP contribution < -0.4 is 0 Å². The molecule has 0 saturated carbocycles. The lowest BCUT2D eigenvalue weighted by Gasteiger charge is -2.31.